The maximum absolute atomic E-state index is 9.05. The molecule has 1 rings (SSSR count). The molecule has 50 valence electrons. The molecule has 1 aromatic rings. The second-order valence-corrected chi connectivity index (χ2v) is 3.67. The highest BCUT2D eigenvalue weighted by molar-refractivity contribution is 7.73. The van der Waals surface area contributed by atoms with Crippen molar-refractivity contribution in [1.82, 2.24) is 4.73 Å². The minimum absolute atomic E-state index is 0.519. The van der Waals surface area contributed by atoms with Crippen LogP contribution in [0, 0.1) is 17.8 Å². The van der Waals surface area contributed by atoms with Crippen molar-refractivity contribution in [2.45, 2.75) is 13.8 Å². The van der Waals surface area contributed by atoms with E-state index in [1.165, 1.54) is 11.3 Å². The molecule has 0 spiro atoms. The predicted octanol–water partition coefficient (Wildman–Crippen LogP) is 2.13. The topological polar surface area (TPSA) is 25.2 Å². The van der Waals surface area contributed by atoms with E-state index >= 15 is 0 Å². The van der Waals surface area contributed by atoms with Crippen molar-refractivity contribution in [3.63, 3.8) is 0 Å². The predicted molar refractivity (Wildman–Crippen MR) is 39.8 cm³/mol. The van der Waals surface area contributed by atoms with Crippen LogP contribution in [0.2, 0.25) is 0 Å². The Kier molecular flexibility index (Phi) is 1.59. The normalized spacial score (nSPS) is 10.0. The Bertz CT molecular complexity index is 273. The van der Waals surface area contributed by atoms with Gasteiger partial charge in [-0.3, -0.25) is 0 Å². The van der Waals surface area contributed by atoms with Gasteiger partial charge in [0.25, 0.3) is 0 Å². The smallest absolute Gasteiger partial charge is 0.196 e. The van der Waals surface area contributed by atoms with Gasteiger partial charge in [0, 0.05) is 4.88 Å². The number of hydrogen-bond acceptors (Lipinski definition) is 3. The minimum Gasteiger partial charge on any atom is -0.427 e. The number of aryl methyl sites for hydroxylation is 1. The molecule has 0 radical (unpaired) electrons. The highest BCUT2D eigenvalue weighted by Crippen LogP contribution is 2.14. The molecule has 0 aromatic carbocycles. The molecule has 0 unspecified atom stereocenters. The van der Waals surface area contributed by atoms with Gasteiger partial charge in [0.2, 0.25) is 0 Å². The summed E-state index contributed by atoms with van der Waals surface area (Å²) in [5, 5.41) is 9.05. The fourth-order valence-electron chi connectivity index (χ4n) is 0.534. The Morgan fingerprint density at radius 2 is 2.11 bits per heavy atom. The molecule has 0 saturated carbocycles. The first-order valence-corrected chi connectivity index (χ1v) is 3.73. The van der Waals surface area contributed by atoms with Gasteiger partial charge in [-0.2, -0.15) is 4.73 Å². The van der Waals surface area contributed by atoms with Crippen LogP contribution in [0.15, 0.2) is 0 Å². The summed E-state index contributed by atoms with van der Waals surface area (Å²) in [6.45, 7) is 3.77. The van der Waals surface area contributed by atoms with Crippen LogP contribution >= 0.6 is 23.6 Å². The summed E-state index contributed by atoms with van der Waals surface area (Å²) in [7, 11) is 0. The lowest BCUT2D eigenvalue weighted by atomic mass is 10.4. The van der Waals surface area contributed by atoms with Crippen molar-refractivity contribution in [2.75, 3.05) is 0 Å². The van der Waals surface area contributed by atoms with Crippen LogP contribution in [0.25, 0.3) is 0 Å². The van der Waals surface area contributed by atoms with Gasteiger partial charge in [0.1, 0.15) is 0 Å². The first kappa shape index (κ1) is 6.77. The van der Waals surface area contributed by atoms with Gasteiger partial charge in [0.05, 0.1) is 5.69 Å². The zero-order valence-corrected chi connectivity index (χ0v) is 6.84. The van der Waals surface area contributed by atoms with Crippen LogP contribution in [0.5, 0.6) is 0 Å². The largest absolute Gasteiger partial charge is 0.427 e. The van der Waals surface area contributed by atoms with Gasteiger partial charge in [-0.15, -0.1) is 11.3 Å². The van der Waals surface area contributed by atoms with Crippen molar-refractivity contribution >= 4 is 23.6 Å². The van der Waals surface area contributed by atoms with Crippen molar-refractivity contribution < 1.29 is 5.21 Å². The Labute approximate surface area is 62.3 Å². The van der Waals surface area contributed by atoms with E-state index in [1.807, 2.05) is 13.8 Å². The SMILES string of the molecule is Cc1sc(=S)n(O)c1C. The van der Waals surface area contributed by atoms with E-state index in [0.29, 0.717) is 3.95 Å². The average molecular weight is 161 g/mol. The highest BCUT2D eigenvalue weighted by Gasteiger charge is 2.00. The lowest BCUT2D eigenvalue weighted by Gasteiger charge is -1.90. The molecule has 0 atom stereocenters. The van der Waals surface area contributed by atoms with Crippen LogP contribution in [-0.4, -0.2) is 9.94 Å². The van der Waals surface area contributed by atoms with Crippen molar-refractivity contribution in [3.8, 4) is 0 Å². The van der Waals surface area contributed by atoms with Crippen molar-refractivity contribution in [3.05, 3.63) is 14.5 Å². The van der Waals surface area contributed by atoms with Crippen LogP contribution in [0.1, 0.15) is 10.6 Å². The van der Waals surface area contributed by atoms with E-state index in [0.717, 1.165) is 15.3 Å². The van der Waals surface area contributed by atoms with E-state index in [9.17, 15) is 0 Å². The number of thiazole rings is 1. The Morgan fingerprint density at radius 3 is 2.22 bits per heavy atom. The van der Waals surface area contributed by atoms with Gasteiger partial charge in [-0.05, 0) is 26.1 Å². The second kappa shape index (κ2) is 2.11. The molecule has 0 saturated heterocycles. The second-order valence-electron chi connectivity index (χ2n) is 1.82. The third kappa shape index (κ3) is 0.997. The molecule has 4 heteroatoms. The van der Waals surface area contributed by atoms with E-state index < -0.39 is 0 Å². The van der Waals surface area contributed by atoms with Gasteiger partial charge in [-0.25, -0.2) is 0 Å². The van der Waals surface area contributed by atoms with Gasteiger partial charge < -0.3 is 5.21 Å². The maximum Gasteiger partial charge on any atom is 0.196 e. The summed E-state index contributed by atoms with van der Waals surface area (Å²) in [4.78, 5) is 1.07. The van der Waals surface area contributed by atoms with Gasteiger partial charge in [-0.1, -0.05) is 0 Å². The van der Waals surface area contributed by atoms with Crippen LogP contribution in [0.4, 0.5) is 0 Å². The molecule has 0 fully saturated rings. The lowest BCUT2D eigenvalue weighted by molar-refractivity contribution is 0.178. The summed E-state index contributed by atoms with van der Waals surface area (Å²) in [6, 6.07) is 0. The third-order valence-electron chi connectivity index (χ3n) is 1.24. The maximum atomic E-state index is 9.05. The molecule has 0 aliphatic carbocycles. The Balaban J connectivity index is 3.47. The Hall–Kier alpha value is -0.350. The highest BCUT2D eigenvalue weighted by atomic mass is 32.1. The lowest BCUT2D eigenvalue weighted by Crippen LogP contribution is -1.91. The fourth-order valence-corrected chi connectivity index (χ4v) is 1.77. The first-order chi connectivity index (χ1) is 4.13. The van der Waals surface area contributed by atoms with E-state index in [4.69, 9.17) is 17.4 Å². The summed E-state index contributed by atoms with van der Waals surface area (Å²) >= 11 is 6.22. The summed E-state index contributed by atoms with van der Waals surface area (Å²) in [6.07, 6.45) is 0. The van der Waals surface area contributed by atoms with Crippen LogP contribution in [0.3, 0.4) is 0 Å². The molecule has 0 bridgehead atoms. The molecule has 1 heterocycles. The fraction of sp³-hybridized carbons (Fsp3) is 0.400. The summed E-state index contributed by atoms with van der Waals surface area (Å²) in [5.74, 6) is 0. The minimum atomic E-state index is 0.519. The summed E-state index contributed by atoms with van der Waals surface area (Å²) < 4.78 is 1.56. The molecule has 0 aliphatic heterocycles. The molecule has 2 nitrogen and oxygen atoms in total. The molecule has 9 heavy (non-hydrogen) atoms. The molecular weight excluding hydrogens is 154 g/mol. The first-order valence-electron chi connectivity index (χ1n) is 2.51. The average Bonchev–Trinajstić information content (AvgIpc) is 1.98. The van der Waals surface area contributed by atoms with E-state index in [1.54, 1.807) is 0 Å². The molecular formula is C5H7NOS2. The molecule has 0 aliphatic rings. The quantitative estimate of drug-likeness (QED) is 0.466. The zero-order valence-electron chi connectivity index (χ0n) is 5.21. The molecule has 1 N–H and O–H groups in total. The standard InChI is InChI=1S/C5H7NOS2/c1-3-4(2)9-5(8)6(3)7/h7H,1-2H3. The Morgan fingerprint density at radius 1 is 1.56 bits per heavy atom. The number of aromatic nitrogens is 1. The van der Waals surface area contributed by atoms with Crippen LogP contribution in [-0.2, 0) is 0 Å². The number of hydrogen-bond donors (Lipinski definition) is 1. The van der Waals surface area contributed by atoms with Crippen LogP contribution < -0.4 is 0 Å². The summed E-state index contributed by atoms with van der Waals surface area (Å²) in [5.41, 5.74) is 0.838. The van der Waals surface area contributed by atoms with Gasteiger partial charge in [0.15, 0.2) is 3.95 Å². The number of rotatable bonds is 0. The van der Waals surface area contributed by atoms with Crippen molar-refractivity contribution in [1.29, 1.82) is 0 Å². The monoisotopic (exact) mass is 161 g/mol. The molecule has 0 amide bonds. The van der Waals surface area contributed by atoms with Gasteiger partial charge >= 0.3 is 0 Å². The third-order valence-corrected chi connectivity index (χ3v) is 2.61. The number of nitrogens with zero attached hydrogens (tertiary/aromatic N) is 1. The van der Waals surface area contributed by atoms with E-state index in [-0.39, 0.29) is 0 Å². The van der Waals surface area contributed by atoms with E-state index in [2.05, 4.69) is 0 Å². The molecule has 1 aromatic heterocycles. The zero-order chi connectivity index (χ0) is 7.02. The van der Waals surface area contributed by atoms with Crippen molar-refractivity contribution in [2.24, 2.45) is 0 Å².